The Kier molecular flexibility index (Phi) is 6.68. The smallest absolute Gasteiger partial charge is 0.309 e. The standard InChI is InChI=1S/C23H33NO4/c1-14-12-19(17(4)16(3)15(14)2)20(25)13-28-21(26)18-8-10-24(11-9-18)22(27)23(5,6)7/h12,18H,8-11,13H2,1-7H3. The van der Waals surface area contributed by atoms with Crippen LogP contribution in [0.1, 0.15) is 66.2 Å². The number of amides is 1. The summed E-state index contributed by atoms with van der Waals surface area (Å²) in [5.74, 6) is -0.652. The molecule has 1 amide bonds. The summed E-state index contributed by atoms with van der Waals surface area (Å²) in [4.78, 5) is 39.2. The van der Waals surface area contributed by atoms with E-state index in [1.54, 1.807) is 0 Å². The lowest BCUT2D eigenvalue weighted by atomic mass is 9.91. The first-order chi connectivity index (χ1) is 12.9. The number of ether oxygens (including phenoxy) is 1. The summed E-state index contributed by atoms with van der Waals surface area (Å²) in [5, 5.41) is 0. The number of hydrogen-bond acceptors (Lipinski definition) is 4. The molecule has 0 atom stereocenters. The Hall–Kier alpha value is -2.17. The highest BCUT2D eigenvalue weighted by atomic mass is 16.5. The molecule has 1 saturated heterocycles. The van der Waals surface area contributed by atoms with Crippen molar-refractivity contribution in [3.05, 3.63) is 33.9 Å². The van der Waals surface area contributed by atoms with E-state index in [1.165, 1.54) is 5.56 Å². The molecule has 1 heterocycles. The SMILES string of the molecule is Cc1cc(C(=O)COC(=O)C2CCN(C(=O)C(C)(C)C)CC2)c(C)c(C)c1C. The summed E-state index contributed by atoms with van der Waals surface area (Å²) in [6, 6.07) is 1.88. The van der Waals surface area contributed by atoms with Gasteiger partial charge >= 0.3 is 5.97 Å². The summed E-state index contributed by atoms with van der Waals surface area (Å²) in [6.45, 7) is 14.5. The fraction of sp³-hybridized carbons (Fsp3) is 0.609. The summed E-state index contributed by atoms with van der Waals surface area (Å²) in [5.41, 5.74) is 4.50. The highest BCUT2D eigenvalue weighted by Crippen LogP contribution is 2.25. The molecule has 1 aromatic rings. The quantitative estimate of drug-likeness (QED) is 0.580. The van der Waals surface area contributed by atoms with Crippen molar-refractivity contribution in [3.63, 3.8) is 0 Å². The van der Waals surface area contributed by atoms with Gasteiger partial charge in [0.25, 0.3) is 0 Å². The molecule has 5 nitrogen and oxygen atoms in total. The predicted octanol–water partition coefficient (Wildman–Crippen LogP) is 3.93. The van der Waals surface area contributed by atoms with Gasteiger partial charge in [-0.05, 0) is 68.9 Å². The molecule has 0 unspecified atom stereocenters. The number of nitrogens with zero attached hydrogens (tertiary/aromatic N) is 1. The maximum Gasteiger partial charge on any atom is 0.309 e. The van der Waals surface area contributed by atoms with Crippen LogP contribution >= 0.6 is 0 Å². The van der Waals surface area contributed by atoms with E-state index >= 15 is 0 Å². The van der Waals surface area contributed by atoms with Crippen LogP contribution in [0.2, 0.25) is 0 Å². The van der Waals surface area contributed by atoms with E-state index in [4.69, 9.17) is 4.74 Å². The van der Waals surface area contributed by atoms with Gasteiger partial charge in [-0.15, -0.1) is 0 Å². The minimum absolute atomic E-state index is 0.107. The summed E-state index contributed by atoms with van der Waals surface area (Å²) in [7, 11) is 0. The zero-order chi connectivity index (χ0) is 21.2. The van der Waals surface area contributed by atoms with Gasteiger partial charge in [0.15, 0.2) is 6.61 Å². The summed E-state index contributed by atoms with van der Waals surface area (Å²) >= 11 is 0. The number of rotatable bonds is 4. The van der Waals surface area contributed by atoms with Gasteiger partial charge < -0.3 is 9.64 Å². The predicted molar refractivity (Wildman–Crippen MR) is 109 cm³/mol. The van der Waals surface area contributed by atoms with Crippen molar-refractivity contribution in [3.8, 4) is 0 Å². The number of likely N-dealkylation sites (tertiary alicyclic amines) is 1. The van der Waals surface area contributed by atoms with Gasteiger partial charge in [-0.3, -0.25) is 14.4 Å². The van der Waals surface area contributed by atoms with Crippen molar-refractivity contribution in [2.75, 3.05) is 19.7 Å². The second-order valence-electron chi connectivity index (χ2n) is 8.96. The molecular formula is C23H33NO4. The highest BCUT2D eigenvalue weighted by molar-refractivity contribution is 6.00. The Morgan fingerprint density at radius 3 is 2.11 bits per heavy atom. The maximum atomic E-state index is 12.6. The number of piperidine rings is 1. The van der Waals surface area contributed by atoms with Gasteiger partial charge in [0.2, 0.25) is 11.7 Å². The third-order valence-electron chi connectivity index (χ3n) is 5.88. The largest absolute Gasteiger partial charge is 0.457 e. The number of carbonyl (C=O) groups is 3. The van der Waals surface area contributed by atoms with Crippen molar-refractivity contribution in [1.82, 2.24) is 4.90 Å². The first-order valence-corrected chi connectivity index (χ1v) is 10.00. The van der Waals surface area contributed by atoms with E-state index in [0.29, 0.717) is 31.5 Å². The van der Waals surface area contributed by atoms with Crippen LogP contribution in [0.25, 0.3) is 0 Å². The molecule has 154 valence electrons. The molecule has 0 spiro atoms. The van der Waals surface area contributed by atoms with Gasteiger partial charge in [0.1, 0.15) is 0 Å². The molecule has 28 heavy (non-hydrogen) atoms. The first kappa shape index (κ1) is 22.1. The lowest BCUT2D eigenvalue weighted by Crippen LogP contribution is -2.45. The van der Waals surface area contributed by atoms with Crippen molar-refractivity contribution < 1.29 is 19.1 Å². The molecule has 0 N–H and O–H groups in total. The lowest BCUT2D eigenvalue weighted by molar-refractivity contribution is -0.152. The van der Waals surface area contributed by atoms with E-state index in [0.717, 1.165) is 16.7 Å². The van der Waals surface area contributed by atoms with Crippen molar-refractivity contribution in [2.24, 2.45) is 11.3 Å². The lowest BCUT2D eigenvalue weighted by Gasteiger charge is -2.34. The first-order valence-electron chi connectivity index (χ1n) is 10.00. The van der Waals surface area contributed by atoms with Crippen molar-refractivity contribution >= 4 is 17.7 Å². The monoisotopic (exact) mass is 387 g/mol. The van der Waals surface area contributed by atoms with E-state index in [9.17, 15) is 14.4 Å². The van der Waals surface area contributed by atoms with Gasteiger partial charge in [-0.1, -0.05) is 20.8 Å². The Balaban J connectivity index is 1.92. The highest BCUT2D eigenvalue weighted by Gasteiger charge is 2.33. The number of Topliss-reactive ketones (excluding diaryl/α,β-unsaturated/α-hetero) is 1. The number of benzene rings is 1. The number of carbonyl (C=O) groups excluding carboxylic acids is 3. The van der Waals surface area contributed by atoms with Crippen LogP contribution in [0, 0.1) is 39.0 Å². The second kappa shape index (κ2) is 8.46. The van der Waals surface area contributed by atoms with Gasteiger partial charge in [0.05, 0.1) is 5.92 Å². The zero-order valence-electron chi connectivity index (χ0n) is 18.3. The van der Waals surface area contributed by atoms with Crippen molar-refractivity contribution in [2.45, 2.75) is 61.3 Å². The summed E-state index contributed by atoms with van der Waals surface area (Å²) in [6.07, 6.45) is 1.16. The number of aryl methyl sites for hydroxylation is 1. The maximum absolute atomic E-state index is 12.6. The van der Waals surface area contributed by atoms with Crippen LogP contribution in [0.4, 0.5) is 0 Å². The van der Waals surface area contributed by atoms with Crippen LogP contribution in [-0.2, 0) is 14.3 Å². The molecule has 0 aromatic heterocycles. The molecule has 0 saturated carbocycles. The van der Waals surface area contributed by atoms with Gasteiger partial charge in [-0.2, -0.15) is 0 Å². The van der Waals surface area contributed by atoms with Crippen LogP contribution in [0.5, 0.6) is 0 Å². The van der Waals surface area contributed by atoms with Gasteiger partial charge in [-0.25, -0.2) is 0 Å². The molecule has 0 aliphatic carbocycles. The molecular weight excluding hydrogens is 354 g/mol. The average molecular weight is 388 g/mol. The van der Waals surface area contributed by atoms with Crippen LogP contribution in [0.15, 0.2) is 6.07 Å². The van der Waals surface area contributed by atoms with E-state index in [-0.39, 0.29) is 30.2 Å². The van der Waals surface area contributed by atoms with E-state index in [1.807, 2.05) is 59.4 Å². The minimum atomic E-state index is -0.415. The van der Waals surface area contributed by atoms with E-state index < -0.39 is 5.41 Å². The third-order valence-corrected chi connectivity index (χ3v) is 5.88. The Labute approximate surface area is 168 Å². The minimum Gasteiger partial charge on any atom is -0.457 e. The van der Waals surface area contributed by atoms with Crippen LogP contribution in [-0.4, -0.2) is 42.3 Å². The normalized spacial score (nSPS) is 15.5. The Morgan fingerprint density at radius 2 is 1.57 bits per heavy atom. The number of ketones is 1. The molecule has 1 aliphatic rings. The molecule has 0 radical (unpaired) electrons. The topological polar surface area (TPSA) is 63.7 Å². The molecule has 1 aromatic carbocycles. The molecule has 5 heteroatoms. The molecule has 0 bridgehead atoms. The average Bonchev–Trinajstić information content (AvgIpc) is 2.65. The van der Waals surface area contributed by atoms with Crippen LogP contribution < -0.4 is 0 Å². The van der Waals surface area contributed by atoms with Gasteiger partial charge in [0, 0.05) is 24.1 Å². The fourth-order valence-electron chi connectivity index (χ4n) is 3.63. The van der Waals surface area contributed by atoms with Crippen LogP contribution in [0.3, 0.4) is 0 Å². The molecule has 2 rings (SSSR count). The van der Waals surface area contributed by atoms with E-state index in [2.05, 4.69) is 0 Å². The molecule has 1 aliphatic heterocycles. The molecule has 1 fully saturated rings. The second-order valence-corrected chi connectivity index (χ2v) is 8.96. The van der Waals surface area contributed by atoms with Crippen molar-refractivity contribution in [1.29, 1.82) is 0 Å². The number of hydrogen-bond donors (Lipinski definition) is 0. The Bertz CT molecular complexity index is 781. The number of esters is 1. The Morgan fingerprint density at radius 1 is 1.00 bits per heavy atom. The zero-order valence-corrected chi connectivity index (χ0v) is 18.3. The third kappa shape index (κ3) is 4.81. The summed E-state index contributed by atoms with van der Waals surface area (Å²) < 4.78 is 5.33. The fourth-order valence-corrected chi connectivity index (χ4v) is 3.63.